The van der Waals surface area contributed by atoms with Crippen molar-refractivity contribution < 1.29 is 9.59 Å². The Hall–Kier alpha value is -2.22. The zero-order valence-corrected chi connectivity index (χ0v) is 16.0. The van der Waals surface area contributed by atoms with E-state index in [1.165, 1.54) is 0 Å². The van der Waals surface area contributed by atoms with Crippen LogP contribution in [0.2, 0.25) is 0 Å². The Labute approximate surface area is 160 Å². The molecule has 26 heavy (non-hydrogen) atoms. The molecule has 6 nitrogen and oxygen atoms in total. The Bertz CT molecular complexity index is 797. The van der Waals surface area contributed by atoms with Crippen molar-refractivity contribution in [2.75, 3.05) is 18.4 Å². The number of nitrogens with one attached hydrogen (secondary N) is 4. The zero-order chi connectivity index (χ0) is 18.5. The van der Waals surface area contributed by atoms with Crippen LogP contribution in [0.15, 0.2) is 53.0 Å². The number of amides is 2. The van der Waals surface area contributed by atoms with Gasteiger partial charge in [-0.25, -0.2) is 5.43 Å². The minimum absolute atomic E-state index is 0.0631. The molecule has 0 bridgehead atoms. The van der Waals surface area contributed by atoms with E-state index in [-0.39, 0.29) is 30.3 Å². The summed E-state index contributed by atoms with van der Waals surface area (Å²) < 4.78 is 0.953. The normalized spacial score (nSPS) is 19.2. The van der Waals surface area contributed by atoms with Crippen molar-refractivity contribution in [3.63, 3.8) is 0 Å². The van der Waals surface area contributed by atoms with Gasteiger partial charge in [0, 0.05) is 16.7 Å². The largest absolute Gasteiger partial charge is 0.347 e. The number of carbonyl (C=O) groups excluding carboxylic acids is 2. The molecule has 2 aromatic rings. The molecule has 2 aromatic carbocycles. The van der Waals surface area contributed by atoms with Gasteiger partial charge in [0.15, 0.2) is 0 Å². The first-order valence-electron chi connectivity index (χ1n) is 8.41. The summed E-state index contributed by atoms with van der Waals surface area (Å²) in [6.45, 7) is 2.37. The Morgan fingerprint density at radius 2 is 1.96 bits per heavy atom. The summed E-state index contributed by atoms with van der Waals surface area (Å²) in [5.41, 5.74) is 8.88. The summed E-state index contributed by atoms with van der Waals surface area (Å²) in [7, 11) is 0. The number of aryl methyl sites for hydroxylation is 1. The van der Waals surface area contributed by atoms with Crippen LogP contribution in [0.5, 0.6) is 0 Å². The lowest BCUT2D eigenvalue weighted by Gasteiger charge is -2.18. The second kappa shape index (κ2) is 8.44. The Kier molecular flexibility index (Phi) is 6.03. The van der Waals surface area contributed by atoms with E-state index in [0.717, 1.165) is 21.3 Å². The number of anilines is 1. The average molecular weight is 417 g/mol. The topological polar surface area (TPSA) is 82.3 Å². The molecule has 7 heteroatoms. The summed E-state index contributed by atoms with van der Waals surface area (Å²) in [6.07, 6.45) is 0. The van der Waals surface area contributed by atoms with E-state index >= 15 is 0 Å². The minimum atomic E-state index is -0.278. The number of benzene rings is 2. The smallest absolute Gasteiger partial charge is 0.243 e. The highest BCUT2D eigenvalue weighted by Gasteiger charge is 2.33. The molecule has 2 atom stereocenters. The van der Waals surface area contributed by atoms with E-state index in [0.29, 0.717) is 6.54 Å². The van der Waals surface area contributed by atoms with E-state index in [2.05, 4.69) is 37.4 Å². The average Bonchev–Trinajstić information content (AvgIpc) is 3.13. The molecule has 0 spiro atoms. The van der Waals surface area contributed by atoms with Crippen LogP contribution >= 0.6 is 15.9 Å². The van der Waals surface area contributed by atoms with Crippen molar-refractivity contribution >= 4 is 33.4 Å². The van der Waals surface area contributed by atoms with E-state index < -0.39 is 0 Å². The highest BCUT2D eigenvalue weighted by Crippen LogP contribution is 2.24. The predicted octanol–water partition coefficient (Wildman–Crippen LogP) is 2.28. The minimum Gasteiger partial charge on any atom is -0.347 e. The molecule has 0 aliphatic carbocycles. The standard InChI is InChI=1S/C19H21BrN4O2/c1-12-9-14(20)7-8-16(12)23-17(25)11-21-19(26)15-10-22-24-18(15)13-5-3-2-4-6-13/h2-9,15,18,22,24H,10-11H2,1H3,(H,21,26)(H,23,25). The lowest BCUT2D eigenvalue weighted by molar-refractivity contribution is -0.127. The highest BCUT2D eigenvalue weighted by molar-refractivity contribution is 9.10. The van der Waals surface area contributed by atoms with Crippen LogP contribution in [0.25, 0.3) is 0 Å². The van der Waals surface area contributed by atoms with Crippen LogP contribution in [0.4, 0.5) is 5.69 Å². The van der Waals surface area contributed by atoms with E-state index in [4.69, 9.17) is 0 Å². The first kappa shape index (κ1) is 18.6. The van der Waals surface area contributed by atoms with Crippen LogP contribution in [-0.4, -0.2) is 24.9 Å². The molecule has 0 saturated carbocycles. The summed E-state index contributed by atoms with van der Waals surface area (Å²) in [5, 5.41) is 5.56. The number of halogens is 1. The van der Waals surface area contributed by atoms with Gasteiger partial charge in [0.1, 0.15) is 0 Å². The van der Waals surface area contributed by atoms with Gasteiger partial charge in [-0.2, -0.15) is 0 Å². The van der Waals surface area contributed by atoms with Crippen LogP contribution in [0.1, 0.15) is 17.2 Å². The second-order valence-electron chi connectivity index (χ2n) is 6.25. The SMILES string of the molecule is Cc1cc(Br)ccc1NC(=O)CNC(=O)C1CNNC1c1ccccc1. The van der Waals surface area contributed by atoms with Crippen LogP contribution in [0.3, 0.4) is 0 Å². The summed E-state index contributed by atoms with van der Waals surface area (Å²) >= 11 is 3.39. The van der Waals surface area contributed by atoms with Gasteiger partial charge in [-0.05, 0) is 36.2 Å². The van der Waals surface area contributed by atoms with Gasteiger partial charge in [0.2, 0.25) is 11.8 Å². The lowest BCUT2D eigenvalue weighted by Crippen LogP contribution is -2.39. The predicted molar refractivity (Wildman–Crippen MR) is 104 cm³/mol. The Morgan fingerprint density at radius 3 is 2.69 bits per heavy atom. The Morgan fingerprint density at radius 1 is 1.19 bits per heavy atom. The van der Waals surface area contributed by atoms with Crippen molar-refractivity contribution in [1.82, 2.24) is 16.2 Å². The molecule has 1 aliphatic heterocycles. The van der Waals surface area contributed by atoms with E-state index in [9.17, 15) is 9.59 Å². The fourth-order valence-electron chi connectivity index (χ4n) is 2.98. The van der Waals surface area contributed by atoms with Gasteiger partial charge in [0.05, 0.1) is 18.5 Å². The maximum Gasteiger partial charge on any atom is 0.243 e. The van der Waals surface area contributed by atoms with Crippen molar-refractivity contribution in [2.24, 2.45) is 5.92 Å². The molecule has 2 unspecified atom stereocenters. The van der Waals surface area contributed by atoms with Crippen LogP contribution in [-0.2, 0) is 9.59 Å². The molecule has 1 fully saturated rings. The second-order valence-corrected chi connectivity index (χ2v) is 7.16. The number of hydrogen-bond acceptors (Lipinski definition) is 4. The lowest BCUT2D eigenvalue weighted by atomic mass is 9.94. The molecular formula is C19H21BrN4O2. The molecule has 2 amide bonds. The third-order valence-corrected chi connectivity index (χ3v) is 4.86. The number of carbonyl (C=O) groups is 2. The number of hydrazine groups is 1. The maximum atomic E-state index is 12.5. The third-order valence-electron chi connectivity index (χ3n) is 4.36. The summed E-state index contributed by atoms with van der Waals surface area (Å²) in [5.74, 6) is -0.683. The first-order valence-corrected chi connectivity index (χ1v) is 9.21. The fourth-order valence-corrected chi connectivity index (χ4v) is 3.45. The maximum absolute atomic E-state index is 12.5. The quantitative estimate of drug-likeness (QED) is 0.602. The monoisotopic (exact) mass is 416 g/mol. The van der Waals surface area contributed by atoms with Gasteiger partial charge < -0.3 is 10.6 Å². The molecule has 3 rings (SSSR count). The van der Waals surface area contributed by atoms with Gasteiger partial charge in [-0.1, -0.05) is 46.3 Å². The van der Waals surface area contributed by atoms with Gasteiger partial charge in [-0.3, -0.25) is 15.0 Å². The van der Waals surface area contributed by atoms with Gasteiger partial charge in [-0.15, -0.1) is 0 Å². The Balaban J connectivity index is 1.55. The van der Waals surface area contributed by atoms with E-state index in [1.807, 2.05) is 55.5 Å². The summed E-state index contributed by atoms with van der Waals surface area (Å²) in [6, 6.07) is 15.3. The highest BCUT2D eigenvalue weighted by atomic mass is 79.9. The van der Waals surface area contributed by atoms with E-state index in [1.54, 1.807) is 0 Å². The van der Waals surface area contributed by atoms with Crippen LogP contribution < -0.4 is 21.5 Å². The first-order chi connectivity index (χ1) is 12.5. The molecule has 1 saturated heterocycles. The van der Waals surface area contributed by atoms with Gasteiger partial charge in [0.25, 0.3) is 0 Å². The molecule has 0 aromatic heterocycles. The number of rotatable bonds is 5. The van der Waals surface area contributed by atoms with Crippen LogP contribution in [0, 0.1) is 12.8 Å². The van der Waals surface area contributed by atoms with Crippen molar-refractivity contribution in [3.8, 4) is 0 Å². The molecular weight excluding hydrogens is 396 g/mol. The molecule has 1 aliphatic rings. The number of hydrogen-bond donors (Lipinski definition) is 4. The van der Waals surface area contributed by atoms with Crippen molar-refractivity contribution in [1.29, 1.82) is 0 Å². The summed E-state index contributed by atoms with van der Waals surface area (Å²) in [4.78, 5) is 24.7. The van der Waals surface area contributed by atoms with Crippen molar-refractivity contribution in [2.45, 2.75) is 13.0 Å². The molecule has 136 valence electrons. The zero-order valence-electron chi connectivity index (χ0n) is 14.4. The molecule has 0 radical (unpaired) electrons. The molecule has 4 N–H and O–H groups in total. The molecule has 1 heterocycles. The third kappa shape index (κ3) is 4.49. The van der Waals surface area contributed by atoms with Crippen molar-refractivity contribution in [3.05, 3.63) is 64.1 Å². The fraction of sp³-hybridized carbons (Fsp3) is 0.263. The van der Waals surface area contributed by atoms with Gasteiger partial charge >= 0.3 is 0 Å².